The summed E-state index contributed by atoms with van der Waals surface area (Å²) in [6, 6.07) is 0. The van der Waals surface area contributed by atoms with Gasteiger partial charge in [-0.1, -0.05) is 19.3 Å². The molecule has 0 aromatic heterocycles. The minimum atomic E-state index is -4.60. The highest BCUT2D eigenvalue weighted by molar-refractivity contribution is 14.0. The molecule has 22 heavy (non-hydrogen) atoms. The number of hydrogen-bond acceptors (Lipinski definition) is 2. The molecule has 1 aliphatic heterocycles. The standard InChI is InChI=1S/C14H24F3N3O.HI/c1-18-12(19-9-11(21)14(15,16)17)20-8-7-13(10-20)5-3-2-4-6-13;/h11,21H,2-10H2,1H3,(H,18,19);1H. The van der Waals surface area contributed by atoms with Crippen LogP contribution in [0.3, 0.4) is 0 Å². The zero-order chi connectivity index (χ0) is 15.5. The quantitative estimate of drug-likeness (QED) is 0.399. The summed E-state index contributed by atoms with van der Waals surface area (Å²) < 4.78 is 37.0. The fourth-order valence-electron chi connectivity index (χ4n) is 3.46. The number of halogens is 4. The largest absolute Gasteiger partial charge is 0.416 e. The second-order valence-electron chi connectivity index (χ2n) is 6.22. The predicted molar refractivity (Wildman–Crippen MR) is 90.5 cm³/mol. The highest BCUT2D eigenvalue weighted by Gasteiger charge is 2.41. The van der Waals surface area contributed by atoms with Crippen LogP contribution in [0.4, 0.5) is 13.2 Å². The molecule has 1 spiro atoms. The number of hydrogen-bond donors (Lipinski definition) is 2. The molecule has 0 aromatic rings. The van der Waals surface area contributed by atoms with E-state index in [-0.39, 0.29) is 24.0 Å². The smallest absolute Gasteiger partial charge is 0.382 e. The maximum atomic E-state index is 12.3. The van der Waals surface area contributed by atoms with E-state index >= 15 is 0 Å². The molecule has 4 nitrogen and oxygen atoms in total. The molecule has 8 heteroatoms. The van der Waals surface area contributed by atoms with Crippen molar-refractivity contribution in [3.05, 3.63) is 0 Å². The van der Waals surface area contributed by atoms with Crippen molar-refractivity contribution in [2.24, 2.45) is 10.4 Å². The van der Waals surface area contributed by atoms with Crippen molar-refractivity contribution < 1.29 is 18.3 Å². The van der Waals surface area contributed by atoms with Gasteiger partial charge in [-0.15, -0.1) is 24.0 Å². The Hall–Kier alpha value is -0.250. The Kier molecular flexibility index (Phi) is 7.22. The van der Waals surface area contributed by atoms with Gasteiger partial charge < -0.3 is 15.3 Å². The molecule has 1 heterocycles. The van der Waals surface area contributed by atoms with E-state index in [1.807, 2.05) is 4.90 Å². The van der Waals surface area contributed by atoms with Gasteiger partial charge in [0.2, 0.25) is 0 Å². The third-order valence-corrected chi connectivity index (χ3v) is 4.70. The molecule has 2 aliphatic rings. The van der Waals surface area contributed by atoms with Crippen molar-refractivity contribution in [2.45, 2.75) is 50.8 Å². The van der Waals surface area contributed by atoms with Crippen LogP contribution in [-0.4, -0.2) is 54.9 Å². The Balaban J connectivity index is 0.00000242. The molecular formula is C14H25F3IN3O. The van der Waals surface area contributed by atoms with Gasteiger partial charge in [0.25, 0.3) is 0 Å². The maximum absolute atomic E-state index is 12.3. The summed E-state index contributed by atoms with van der Waals surface area (Å²) in [5, 5.41) is 11.7. The maximum Gasteiger partial charge on any atom is 0.416 e. The summed E-state index contributed by atoms with van der Waals surface area (Å²) in [7, 11) is 1.56. The Morgan fingerprint density at radius 2 is 1.91 bits per heavy atom. The number of nitrogens with one attached hydrogen (secondary N) is 1. The summed E-state index contributed by atoms with van der Waals surface area (Å²) in [6.45, 7) is 1.12. The fourth-order valence-corrected chi connectivity index (χ4v) is 3.46. The number of aliphatic hydroxyl groups is 1. The number of alkyl halides is 3. The molecular weight excluding hydrogens is 410 g/mol. The lowest BCUT2D eigenvalue weighted by atomic mass is 9.73. The normalized spacial score (nSPS) is 23.3. The number of likely N-dealkylation sites (tertiary alicyclic amines) is 1. The Morgan fingerprint density at radius 3 is 2.45 bits per heavy atom. The second kappa shape index (κ2) is 8.03. The first-order chi connectivity index (χ1) is 9.86. The van der Waals surface area contributed by atoms with Gasteiger partial charge in [-0.25, -0.2) is 0 Å². The third-order valence-electron chi connectivity index (χ3n) is 4.70. The molecule has 1 saturated heterocycles. The van der Waals surface area contributed by atoms with Crippen LogP contribution in [0.1, 0.15) is 38.5 Å². The Labute approximate surface area is 146 Å². The second-order valence-corrected chi connectivity index (χ2v) is 6.22. The molecule has 1 aliphatic carbocycles. The summed E-state index contributed by atoms with van der Waals surface area (Å²) in [5.41, 5.74) is 0.318. The van der Waals surface area contributed by atoms with Gasteiger partial charge in [-0.3, -0.25) is 4.99 Å². The summed E-state index contributed by atoms with van der Waals surface area (Å²) in [6.07, 6.45) is 0.292. The van der Waals surface area contributed by atoms with Crippen LogP contribution >= 0.6 is 24.0 Å². The van der Waals surface area contributed by atoms with E-state index in [0.29, 0.717) is 11.4 Å². The van der Waals surface area contributed by atoms with Crippen molar-refractivity contribution in [3.63, 3.8) is 0 Å². The number of nitrogens with zero attached hydrogens (tertiary/aromatic N) is 2. The molecule has 0 aromatic carbocycles. The van der Waals surface area contributed by atoms with E-state index in [9.17, 15) is 13.2 Å². The lowest BCUT2D eigenvalue weighted by Crippen LogP contribution is -2.47. The van der Waals surface area contributed by atoms with Gasteiger partial charge in [0.15, 0.2) is 12.1 Å². The van der Waals surface area contributed by atoms with Crippen LogP contribution < -0.4 is 5.32 Å². The molecule has 0 bridgehead atoms. The zero-order valence-electron chi connectivity index (χ0n) is 12.8. The average molecular weight is 435 g/mol. The average Bonchev–Trinajstić information content (AvgIpc) is 2.83. The molecule has 0 radical (unpaired) electrons. The van der Waals surface area contributed by atoms with Crippen LogP contribution in [0.15, 0.2) is 4.99 Å². The lowest BCUT2D eigenvalue weighted by Gasteiger charge is -2.33. The van der Waals surface area contributed by atoms with E-state index in [2.05, 4.69) is 10.3 Å². The van der Waals surface area contributed by atoms with E-state index in [0.717, 1.165) is 19.5 Å². The topological polar surface area (TPSA) is 47.9 Å². The highest BCUT2D eigenvalue weighted by atomic mass is 127. The number of aliphatic hydroxyl groups excluding tert-OH is 1. The van der Waals surface area contributed by atoms with Gasteiger partial charge in [0.1, 0.15) is 0 Å². The van der Waals surface area contributed by atoms with Crippen LogP contribution in [0.2, 0.25) is 0 Å². The number of rotatable bonds is 2. The summed E-state index contributed by atoms with van der Waals surface area (Å²) >= 11 is 0. The van der Waals surface area contributed by atoms with E-state index < -0.39 is 18.8 Å². The molecule has 1 saturated carbocycles. The van der Waals surface area contributed by atoms with Gasteiger partial charge in [0.05, 0.1) is 6.54 Å². The molecule has 1 unspecified atom stereocenters. The first-order valence-electron chi connectivity index (χ1n) is 7.57. The minimum Gasteiger partial charge on any atom is -0.382 e. The van der Waals surface area contributed by atoms with Gasteiger partial charge in [0, 0.05) is 20.1 Å². The van der Waals surface area contributed by atoms with Crippen molar-refractivity contribution in [3.8, 4) is 0 Å². The number of aliphatic imine (C=N–C) groups is 1. The monoisotopic (exact) mass is 435 g/mol. The van der Waals surface area contributed by atoms with Crippen molar-refractivity contribution in [1.29, 1.82) is 0 Å². The molecule has 130 valence electrons. The van der Waals surface area contributed by atoms with E-state index in [1.54, 1.807) is 7.05 Å². The molecule has 2 fully saturated rings. The van der Waals surface area contributed by atoms with Gasteiger partial charge >= 0.3 is 6.18 Å². The molecule has 2 rings (SSSR count). The zero-order valence-corrected chi connectivity index (χ0v) is 15.2. The molecule has 2 N–H and O–H groups in total. The first kappa shape index (κ1) is 19.8. The highest BCUT2D eigenvalue weighted by Crippen LogP contribution is 2.43. The van der Waals surface area contributed by atoms with Crippen molar-refractivity contribution in [2.75, 3.05) is 26.7 Å². The predicted octanol–water partition coefficient (Wildman–Crippen LogP) is 2.76. The van der Waals surface area contributed by atoms with E-state index in [4.69, 9.17) is 5.11 Å². The van der Waals surface area contributed by atoms with Crippen molar-refractivity contribution >= 4 is 29.9 Å². The van der Waals surface area contributed by atoms with E-state index in [1.165, 1.54) is 32.1 Å². The third kappa shape index (κ3) is 4.87. The van der Waals surface area contributed by atoms with Crippen LogP contribution in [0.5, 0.6) is 0 Å². The number of guanidine groups is 1. The van der Waals surface area contributed by atoms with Gasteiger partial charge in [-0.2, -0.15) is 13.2 Å². The van der Waals surface area contributed by atoms with Crippen LogP contribution in [0.25, 0.3) is 0 Å². The SMILES string of the molecule is CN=C(NCC(O)C(F)(F)F)N1CCC2(CCCCC2)C1.I. The fraction of sp³-hybridized carbons (Fsp3) is 0.929. The Bertz CT molecular complexity index is 384. The summed E-state index contributed by atoms with van der Waals surface area (Å²) in [4.78, 5) is 6.08. The summed E-state index contributed by atoms with van der Waals surface area (Å²) in [5.74, 6) is 0.459. The lowest BCUT2D eigenvalue weighted by molar-refractivity contribution is -0.201. The van der Waals surface area contributed by atoms with Crippen LogP contribution in [0, 0.1) is 5.41 Å². The van der Waals surface area contributed by atoms with Crippen molar-refractivity contribution in [1.82, 2.24) is 10.2 Å². The first-order valence-corrected chi connectivity index (χ1v) is 7.57. The minimum absolute atomic E-state index is 0. The Morgan fingerprint density at radius 1 is 1.27 bits per heavy atom. The van der Waals surface area contributed by atoms with Crippen LogP contribution in [-0.2, 0) is 0 Å². The molecule has 1 atom stereocenters. The molecule has 0 amide bonds. The van der Waals surface area contributed by atoms with Gasteiger partial charge in [-0.05, 0) is 24.7 Å².